The van der Waals surface area contributed by atoms with Gasteiger partial charge in [0.05, 0.1) is 18.2 Å². The van der Waals surface area contributed by atoms with Crippen molar-refractivity contribution in [1.82, 2.24) is 4.98 Å². The van der Waals surface area contributed by atoms with Gasteiger partial charge >= 0.3 is 5.97 Å². The van der Waals surface area contributed by atoms with Gasteiger partial charge in [-0.2, -0.15) is 0 Å². The Bertz CT molecular complexity index is 397. The van der Waals surface area contributed by atoms with Crippen LogP contribution in [0, 0.1) is 0 Å². The summed E-state index contributed by atoms with van der Waals surface area (Å²) in [6.45, 7) is 0. The molecule has 16 heavy (non-hydrogen) atoms. The summed E-state index contributed by atoms with van der Waals surface area (Å²) in [5.74, 6) is -1.50. The molecule has 6 nitrogen and oxygen atoms in total. The zero-order valence-corrected chi connectivity index (χ0v) is 8.79. The van der Waals surface area contributed by atoms with Crippen molar-refractivity contribution < 1.29 is 25.2 Å². The van der Waals surface area contributed by atoms with Crippen LogP contribution < -0.4 is 0 Å². The van der Waals surface area contributed by atoms with E-state index in [1.54, 1.807) is 0 Å². The van der Waals surface area contributed by atoms with Crippen LogP contribution in [0.4, 0.5) is 0 Å². The predicted octanol–water partition coefficient (Wildman–Crippen LogP) is 0.310. The van der Waals surface area contributed by atoms with E-state index in [0.717, 1.165) is 0 Å². The van der Waals surface area contributed by atoms with Crippen molar-refractivity contribution in [2.24, 2.45) is 0 Å². The summed E-state index contributed by atoms with van der Waals surface area (Å²) in [5.41, 5.74) is -0.00319. The maximum absolute atomic E-state index is 10.3. The number of hydrogen-bond acceptors (Lipinski definition) is 5. The van der Waals surface area contributed by atoms with Gasteiger partial charge in [0.1, 0.15) is 6.10 Å². The van der Waals surface area contributed by atoms with Crippen LogP contribution in [0.2, 0.25) is 5.15 Å². The molecule has 0 fully saturated rings. The smallest absolute Gasteiger partial charge is 0.306 e. The third-order valence-electron chi connectivity index (χ3n) is 1.90. The fourth-order valence-electron chi connectivity index (χ4n) is 1.09. The summed E-state index contributed by atoms with van der Waals surface area (Å²) in [7, 11) is 0. The Morgan fingerprint density at radius 3 is 2.56 bits per heavy atom. The predicted molar refractivity (Wildman–Crippen MR) is 54.1 cm³/mol. The number of halogens is 1. The number of aromatic hydroxyl groups is 1. The van der Waals surface area contributed by atoms with E-state index in [0.29, 0.717) is 0 Å². The third kappa shape index (κ3) is 3.06. The van der Waals surface area contributed by atoms with Crippen molar-refractivity contribution in [3.05, 3.63) is 23.0 Å². The molecule has 0 aliphatic heterocycles. The summed E-state index contributed by atoms with van der Waals surface area (Å²) in [6, 6.07) is 2.44. The normalized spacial score (nSPS) is 14.4. The Labute approximate surface area is 95.8 Å². The van der Waals surface area contributed by atoms with Gasteiger partial charge in [0.25, 0.3) is 0 Å². The van der Waals surface area contributed by atoms with Gasteiger partial charge in [-0.3, -0.25) is 4.79 Å². The first kappa shape index (κ1) is 12.7. The lowest BCUT2D eigenvalue weighted by Gasteiger charge is -2.15. The molecule has 0 aliphatic carbocycles. The van der Waals surface area contributed by atoms with Crippen LogP contribution in [0.3, 0.4) is 0 Å². The summed E-state index contributed by atoms with van der Waals surface area (Å²) in [6.07, 6.45) is -3.55. The highest BCUT2D eigenvalue weighted by Gasteiger charge is 2.22. The Morgan fingerprint density at radius 1 is 1.44 bits per heavy atom. The second-order valence-electron chi connectivity index (χ2n) is 3.16. The third-order valence-corrected chi connectivity index (χ3v) is 2.18. The molecule has 4 N–H and O–H groups in total. The molecule has 0 saturated heterocycles. The topological polar surface area (TPSA) is 111 Å². The molecule has 1 aromatic heterocycles. The standard InChI is InChI=1S/C9H10ClNO5/c10-9-5(12)2-1-4(11-9)8(16)6(13)3-7(14)15/h1-2,6,8,12-13,16H,3H2,(H,14,15). The maximum Gasteiger partial charge on any atom is 0.306 e. The number of aromatic nitrogens is 1. The van der Waals surface area contributed by atoms with E-state index in [1.807, 2.05) is 0 Å². The van der Waals surface area contributed by atoms with E-state index >= 15 is 0 Å². The Balaban J connectivity index is 2.83. The number of carbonyl (C=O) groups is 1. The van der Waals surface area contributed by atoms with E-state index in [-0.39, 0.29) is 16.6 Å². The summed E-state index contributed by atoms with van der Waals surface area (Å²) in [5, 5.41) is 36.1. The van der Waals surface area contributed by atoms with Crippen LogP contribution >= 0.6 is 11.6 Å². The lowest BCUT2D eigenvalue weighted by molar-refractivity contribution is -0.141. The molecule has 2 unspecified atom stereocenters. The highest BCUT2D eigenvalue weighted by molar-refractivity contribution is 6.30. The molecule has 0 amide bonds. The molecule has 7 heteroatoms. The van der Waals surface area contributed by atoms with Gasteiger partial charge in [0.2, 0.25) is 0 Å². The molecule has 0 radical (unpaired) electrons. The molecule has 1 heterocycles. The van der Waals surface area contributed by atoms with E-state index in [2.05, 4.69) is 4.98 Å². The molecule has 0 spiro atoms. The zero-order valence-electron chi connectivity index (χ0n) is 8.04. The van der Waals surface area contributed by atoms with Crippen molar-refractivity contribution in [3.8, 4) is 5.75 Å². The average molecular weight is 248 g/mol. The van der Waals surface area contributed by atoms with E-state index < -0.39 is 24.6 Å². The van der Waals surface area contributed by atoms with Gasteiger partial charge in [-0.05, 0) is 12.1 Å². The summed E-state index contributed by atoms with van der Waals surface area (Å²) in [4.78, 5) is 13.9. The molecule has 88 valence electrons. The second kappa shape index (κ2) is 5.11. The van der Waals surface area contributed by atoms with Gasteiger partial charge in [-0.1, -0.05) is 11.6 Å². The number of aliphatic hydroxyl groups excluding tert-OH is 2. The molecule has 0 bridgehead atoms. The van der Waals surface area contributed by atoms with Gasteiger partial charge in [-0.15, -0.1) is 0 Å². The number of aliphatic carboxylic acids is 1. The van der Waals surface area contributed by atoms with E-state index in [4.69, 9.17) is 21.8 Å². The first-order chi connectivity index (χ1) is 7.41. The zero-order chi connectivity index (χ0) is 12.3. The van der Waals surface area contributed by atoms with Crippen LogP contribution in [0.5, 0.6) is 5.75 Å². The number of hydrogen-bond donors (Lipinski definition) is 4. The maximum atomic E-state index is 10.3. The second-order valence-corrected chi connectivity index (χ2v) is 3.51. The number of aliphatic hydroxyl groups is 2. The van der Waals surface area contributed by atoms with E-state index in [1.165, 1.54) is 12.1 Å². The van der Waals surface area contributed by atoms with Crippen LogP contribution in [-0.2, 0) is 4.79 Å². The minimum Gasteiger partial charge on any atom is -0.505 e. The van der Waals surface area contributed by atoms with Gasteiger partial charge in [-0.25, -0.2) is 4.98 Å². The molecule has 0 aliphatic rings. The van der Waals surface area contributed by atoms with Gasteiger partial charge < -0.3 is 20.4 Å². The molecule has 1 aromatic rings. The van der Waals surface area contributed by atoms with Crippen molar-refractivity contribution in [2.45, 2.75) is 18.6 Å². The van der Waals surface area contributed by atoms with Gasteiger partial charge in [0, 0.05) is 0 Å². The van der Waals surface area contributed by atoms with E-state index in [9.17, 15) is 15.0 Å². The van der Waals surface area contributed by atoms with Crippen LogP contribution in [0.25, 0.3) is 0 Å². The van der Waals surface area contributed by atoms with Crippen molar-refractivity contribution in [1.29, 1.82) is 0 Å². The monoisotopic (exact) mass is 247 g/mol. The minimum atomic E-state index is -1.48. The van der Waals surface area contributed by atoms with Crippen LogP contribution in [0.1, 0.15) is 18.2 Å². The highest BCUT2D eigenvalue weighted by atomic mass is 35.5. The van der Waals surface area contributed by atoms with Crippen molar-refractivity contribution in [3.63, 3.8) is 0 Å². The lowest BCUT2D eigenvalue weighted by atomic mass is 10.1. The Morgan fingerprint density at radius 2 is 2.06 bits per heavy atom. The van der Waals surface area contributed by atoms with Crippen molar-refractivity contribution in [2.75, 3.05) is 0 Å². The number of pyridine rings is 1. The highest BCUT2D eigenvalue weighted by Crippen LogP contribution is 2.24. The Kier molecular flexibility index (Phi) is 4.05. The largest absolute Gasteiger partial charge is 0.505 e. The lowest BCUT2D eigenvalue weighted by Crippen LogP contribution is -2.22. The summed E-state index contributed by atoms with van der Waals surface area (Å²) < 4.78 is 0. The average Bonchev–Trinajstić information content (AvgIpc) is 2.20. The molecule has 0 aromatic carbocycles. The number of rotatable bonds is 4. The quantitative estimate of drug-likeness (QED) is 0.570. The van der Waals surface area contributed by atoms with Crippen molar-refractivity contribution >= 4 is 17.6 Å². The molecular weight excluding hydrogens is 238 g/mol. The first-order valence-corrected chi connectivity index (χ1v) is 4.73. The number of carboxylic acid groups (broad SMARTS) is 1. The summed E-state index contributed by atoms with van der Waals surface area (Å²) >= 11 is 5.50. The number of carboxylic acids is 1. The van der Waals surface area contributed by atoms with Crippen LogP contribution in [-0.4, -0.2) is 37.5 Å². The minimum absolute atomic E-state index is 0.00319. The Hall–Kier alpha value is -1.37. The fraction of sp³-hybridized carbons (Fsp3) is 0.333. The molecular formula is C9H10ClNO5. The van der Waals surface area contributed by atoms with Gasteiger partial charge in [0.15, 0.2) is 10.9 Å². The molecule has 0 saturated carbocycles. The van der Waals surface area contributed by atoms with Crippen LogP contribution in [0.15, 0.2) is 12.1 Å². The molecule has 2 atom stereocenters. The molecule has 1 rings (SSSR count). The SMILES string of the molecule is O=C(O)CC(O)C(O)c1ccc(O)c(Cl)n1. The fourth-order valence-corrected chi connectivity index (χ4v) is 1.25. The first-order valence-electron chi connectivity index (χ1n) is 4.35. The number of nitrogens with zero attached hydrogens (tertiary/aromatic N) is 1.